The van der Waals surface area contributed by atoms with E-state index < -0.39 is 16.1 Å². The highest BCUT2D eigenvalue weighted by atomic mass is 32.2. The molecule has 0 saturated carbocycles. The number of carbonyl (C=O) groups excluding carboxylic acids is 2. The molecule has 134 valence electrons. The molecule has 0 aliphatic carbocycles. The van der Waals surface area contributed by atoms with Gasteiger partial charge >= 0.3 is 0 Å². The Morgan fingerprint density at radius 1 is 1.04 bits per heavy atom. The highest BCUT2D eigenvalue weighted by Gasteiger charge is 2.39. The minimum Gasteiger partial charge on any atom is -0.353 e. The predicted octanol–water partition coefficient (Wildman–Crippen LogP) is 1.04. The second kappa shape index (κ2) is 6.22. The molecule has 2 heterocycles. The van der Waals surface area contributed by atoms with Gasteiger partial charge in [-0.2, -0.15) is 4.31 Å². The minimum atomic E-state index is -3.90. The van der Waals surface area contributed by atoms with Gasteiger partial charge < -0.3 is 10.6 Å². The summed E-state index contributed by atoms with van der Waals surface area (Å²) in [5.74, 6) is -0.502. The van der Waals surface area contributed by atoms with Crippen LogP contribution in [-0.2, 0) is 26.0 Å². The standard InChI is InChI=1S/C18H17N3O4S/c22-16-11-13-10-14(6-7-15(13)20-16)26(24,25)21-9-8-19-18(23)17(21)12-4-2-1-3-5-12/h1-7,10,17H,8-9,11H2,(H,19,23)(H,20,22). The van der Waals surface area contributed by atoms with Gasteiger partial charge in [-0.25, -0.2) is 8.42 Å². The van der Waals surface area contributed by atoms with Crippen LogP contribution in [0.4, 0.5) is 5.69 Å². The molecule has 0 spiro atoms. The van der Waals surface area contributed by atoms with Crippen molar-refractivity contribution in [2.24, 2.45) is 0 Å². The average molecular weight is 371 g/mol. The third-order valence-corrected chi connectivity index (χ3v) is 6.45. The van der Waals surface area contributed by atoms with Crippen molar-refractivity contribution in [3.8, 4) is 0 Å². The molecule has 4 rings (SSSR count). The van der Waals surface area contributed by atoms with Gasteiger partial charge in [-0.1, -0.05) is 30.3 Å². The van der Waals surface area contributed by atoms with E-state index in [4.69, 9.17) is 0 Å². The highest BCUT2D eigenvalue weighted by Crippen LogP contribution is 2.32. The van der Waals surface area contributed by atoms with E-state index in [1.807, 2.05) is 6.07 Å². The molecule has 1 atom stereocenters. The van der Waals surface area contributed by atoms with Gasteiger partial charge in [0, 0.05) is 18.8 Å². The van der Waals surface area contributed by atoms with Gasteiger partial charge in [-0.3, -0.25) is 9.59 Å². The number of nitrogens with zero attached hydrogens (tertiary/aromatic N) is 1. The number of fused-ring (bicyclic) bond motifs is 1. The lowest BCUT2D eigenvalue weighted by atomic mass is 10.1. The van der Waals surface area contributed by atoms with E-state index in [2.05, 4.69) is 10.6 Å². The van der Waals surface area contributed by atoms with Gasteiger partial charge in [-0.05, 0) is 29.3 Å². The Kier molecular flexibility index (Phi) is 4.01. The SMILES string of the molecule is O=C1Cc2cc(S(=O)(=O)N3CCNC(=O)C3c3ccccc3)ccc2N1. The van der Waals surface area contributed by atoms with E-state index in [9.17, 15) is 18.0 Å². The Hall–Kier alpha value is -2.71. The summed E-state index contributed by atoms with van der Waals surface area (Å²) in [7, 11) is -3.90. The van der Waals surface area contributed by atoms with Crippen LogP contribution in [0.2, 0.25) is 0 Å². The summed E-state index contributed by atoms with van der Waals surface area (Å²) in [5.41, 5.74) is 1.89. The van der Waals surface area contributed by atoms with Crippen molar-refractivity contribution in [3.63, 3.8) is 0 Å². The summed E-state index contributed by atoms with van der Waals surface area (Å²) in [6.45, 7) is 0.439. The Bertz CT molecular complexity index is 989. The Morgan fingerprint density at radius 3 is 2.58 bits per heavy atom. The highest BCUT2D eigenvalue weighted by molar-refractivity contribution is 7.89. The Balaban J connectivity index is 1.75. The summed E-state index contributed by atoms with van der Waals surface area (Å²) < 4.78 is 27.7. The number of sulfonamides is 1. The van der Waals surface area contributed by atoms with E-state index in [0.29, 0.717) is 16.8 Å². The maximum atomic E-state index is 13.2. The summed E-state index contributed by atoms with van der Waals surface area (Å²) in [5, 5.41) is 5.42. The van der Waals surface area contributed by atoms with Crippen LogP contribution in [0.1, 0.15) is 17.2 Å². The van der Waals surface area contributed by atoms with Crippen molar-refractivity contribution in [2.45, 2.75) is 17.4 Å². The number of hydrogen-bond donors (Lipinski definition) is 2. The quantitative estimate of drug-likeness (QED) is 0.843. The molecule has 1 unspecified atom stereocenters. The monoisotopic (exact) mass is 371 g/mol. The molecule has 2 aliphatic rings. The first-order valence-electron chi connectivity index (χ1n) is 8.24. The molecule has 7 nitrogen and oxygen atoms in total. The maximum absolute atomic E-state index is 13.2. The first-order chi connectivity index (χ1) is 12.5. The smallest absolute Gasteiger partial charge is 0.244 e. The van der Waals surface area contributed by atoms with Gasteiger partial charge in [0.05, 0.1) is 11.3 Å². The van der Waals surface area contributed by atoms with Crippen LogP contribution in [0.5, 0.6) is 0 Å². The van der Waals surface area contributed by atoms with E-state index >= 15 is 0 Å². The normalized spacial score (nSPS) is 20.4. The van der Waals surface area contributed by atoms with Crippen molar-refractivity contribution in [1.29, 1.82) is 0 Å². The molecule has 2 aromatic carbocycles. The topological polar surface area (TPSA) is 95.6 Å². The molecular formula is C18H17N3O4S. The number of nitrogens with one attached hydrogen (secondary N) is 2. The van der Waals surface area contributed by atoms with Crippen LogP contribution in [0.15, 0.2) is 53.4 Å². The molecule has 2 aromatic rings. The van der Waals surface area contributed by atoms with Crippen molar-refractivity contribution < 1.29 is 18.0 Å². The first kappa shape index (κ1) is 16.7. The van der Waals surface area contributed by atoms with Crippen LogP contribution in [-0.4, -0.2) is 37.6 Å². The minimum absolute atomic E-state index is 0.0865. The zero-order chi connectivity index (χ0) is 18.3. The van der Waals surface area contributed by atoms with E-state index in [-0.39, 0.29) is 36.2 Å². The summed E-state index contributed by atoms with van der Waals surface area (Å²) in [6, 6.07) is 12.5. The summed E-state index contributed by atoms with van der Waals surface area (Å²) >= 11 is 0. The zero-order valence-corrected chi connectivity index (χ0v) is 14.6. The van der Waals surface area contributed by atoms with Crippen LogP contribution < -0.4 is 10.6 Å². The largest absolute Gasteiger partial charge is 0.353 e. The molecule has 1 fully saturated rings. The van der Waals surface area contributed by atoms with Gasteiger partial charge in [-0.15, -0.1) is 0 Å². The molecule has 2 N–H and O–H groups in total. The maximum Gasteiger partial charge on any atom is 0.244 e. The number of carbonyl (C=O) groups is 2. The zero-order valence-electron chi connectivity index (χ0n) is 13.8. The molecule has 0 aromatic heterocycles. The van der Waals surface area contributed by atoms with E-state index in [0.717, 1.165) is 0 Å². The number of amides is 2. The fraction of sp³-hybridized carbons (Fsp3) is 0.222. The van der Waals surface area contributed by atoms with Crippen LogP contribution >= 0.6 is 0 Å². The van der Waals surface area contributed by atoms with Crippen LogP contribution in [0.3, 0.4) is 0 Å². The molecule has 0 bridgehead atoms. The van der Waals surface area contributed by atoms with E-state index in [1.165, 1.54) is 16.4 Å². The lowest BCUT2D eigenvalue weighted by Crippen LogP contribution is -2.52. The number of hydrogen-bond acceptors (Lipinski definition) is 4. The molecule has 2 aliphatic heterocycles. The number of anilines is 1. The predicted molar refractivity (Wildman–Crippen MR) is 94.9 cm³/mol. The lowest BCUT2D eigenvalue weighted by Gasteiger charge is -2.34. The Morgan fingerprint density at radius 2 is 1.81 bits per heavy atom. The average Bonchev–Trinajstić information content (AvgIpc) is 3.01. The second-order valence-corrected chi connectivity index (χ2v) is 8.15. The fourth-order valence-corrected chi connectivity index (χ4v) is 4.99. The molecule has 2 amide bonds. The third-order valence-electron chi connectivity index (χ3n) is 4.59. The molecule has 0 radical (unpaired) electrons. The summed E-state index contributed by atoms with van der Waals surface area (Å²) in [6.07, 6.45) is 0.154. The molecule has 26 heavy (non-hydrogen) atoms. The van der Waals surface area contributed by atoms with Crippen molar-refractivity contribution in [3.05, 3.63) is 59.7 Å². The van der Waals surface area contributed by atoms with Gasteiger partial charge in [0.15, 0.2) is 0 Å². The molecule has 8 heteroatoms. The lowest BCUT2D eigenvalue weighted by molar-refractivity contribution is -0.127. The van der Waals surface area contributed by atoms with Crippen LogP contribution in [0, 0.1) is 0 Å². The second-order valence-electron chi connectivity index (χ2n) is 6.26. The molecule has 1 saturated heterocycles. The van der Waals surface area contributed by atoms with Crippen molar-refractivity contribution in [2.75, 3.05) is 18.4 Å². The van der Waals surface area contributed by atoms with Gasteiger partial charge in [0.2, 0.25) is 21.8 Å². The van der Waals surface area contributed by atoms with Crippen molar-refractivity contribution in [1.82, 2.24) is 9.62 Å². The number of benzene rings is 2. The Labute approximate surface area is 151 Å². The van der Waals surface area contributed by atoms with Crippen LogP contribution in [0.25, 0.3) is 0 Å². The molecular weight excluding hydrogens is 354 g/mol. The third kappa shape index (κ3) is 2.77. The van der Waals surface area contributed by atoms with E-state index in [1.54, 1.807) is 30.3 Å². The summed E-state index contributed by atoms with van der Waals surface area (Å²) in [4.78, 5) is 24.0. The van der Waals surface area contributed by atoms with Gasteiger partial charge in [0.1, 0.15) is 6.04 Å². The first-order valence-corrected chi connectivity index (χ1v) is 9.68. The van der Waals surface area contributed by atoms with Gasteiger partial charge in [0.25, 0.3) is 0 Å². The number of piperazine rings is 1. The fourth-order valence-electron chi connectivity index (χ4n) is 3.36. The number of rotatable bonds is 3. The van der Waals surface area contributed by atoms with Crippen molar-refractivity contribution >= 4 is 27.5 Å².